The predicted octanol–water partition coefficient (Wildman–Crippen LogP) is 2.87. The molecule has 0 amide bonds. The van der Waals surface area contributed by atoms with Gasteiger partial charge in [0.05, 0.1) is 6.10 Å². The lowest BCUT2D eigenvalue weighted by Crippen LogP contribution is -2.24. The third kappa shape index (κ3) is 1.92. The number of hydrogen-bond donors (Lipinski definition) is 2. The highest BCUT2D eigenvalue weighted by Crippen LogP contribution is 2.30. The molecule has 2 atom stereocenters. The van der Waals surface area contributed by atoms with E-state index in [-0.39, 0.29) is 6.04 Å². The predicted molar refractivity (Wildman–Crippen MR) is 67.6 cm³/mol. The summed E-state index contributed by atoms with van der Waals surface area (Å²) in [4.78, 5) is 0. The first-order valence-corrected chi connectivity index (χ1v) is 5.60. The minimum absolute atomic E-state index is 0.301. The maximum atomic E-state index is 10.0. The van der Waals surface area contributed by atoms with Gasteiger partial charge in [0, 0.05) is 16.5 Å². The van der Waals surface area contributed by atoms with Crippen LogP contribution < -0.4 is 5.73 Å². The van der Waals surface area contributed by atoms with Crippen LogP contribution in [-0.4, -0.2) is 11.1 Å². The molecule has 0 saturated carbocycles. The number of halogens is 1. The largest absolute Gasteiger partial charge is 0.387 e. The second-order valence-corrected chi connectivity index (χ2v) is 4.39. The SMILES string of the molecule is C[C@H](N)[C@H](O)c1ccc(Cl)c2ccccc12. The molecule has 0 bridgehead atoms. The fourth-order valence-electron chi connectivity index (χ4n) is 1.83. The number of rotatable bonds is 2. The van der Waals surface area contributed by atoms with Gasteiger partial charge in [0.15, 0.2) is 0 Å². The molecule has 3 heteroatoms. The standard InChI is InChI=1S/C13H14ClNO/c1-8(15)13(16)11-6-7-12(14)10-5-3-2-4-9(10)11/h2-8,13,16H,15H2,1H3/t8-,13-/m0/s1. The average Bonchev–Trinajstić information content (AvgIpc) is 2.29. The molecule has 84 valence electrons. The van der Waals surface area contributed by atoms with Gasteiger partial charge in [-0.2, -0.15) is 0 Å². The van der Waals surface area contributed by atoms with Gasteiger partial charge in [0.25, 0.3) is 0 Å². The summed E-state index contributed by atoms with van der Waals surface area (Å²) in [5.41, 5.74) is 6.54. The highest BCUT2D eigenvalue weighted by atomic mass is 35.5. The zero-order valence-corrected chi connectivity index (χ0v) is 9.78. The van der Waals surface area contributed by atoms with Crippen molar-refractivity contribution in [1.29, 1.82) is 0 Å². The van der Waals surface area contributed by atoms with Gasteiger partial charge >= 0.3 is 0 Å². The van der Waals surface area contributed by atoms with E-state index in [0.29, 0.717) is 5.02 Å². The van der Waals surface area contributed by atoms with Crippen LogP contribution in [0.1, 0.15) is 18.6 Å². The molecule has 2 nitrogen and oxygen atoms in total. The van der Waals surface area contributed by atoms with E-state index in [4.69, 9.17) is 17.3 Å². The van der Waals surface area contributed by atoms with Crippen LogP contribution >= 0.6 is 11.6 Å². The monoisotopic (exact) mass is 235 g/mol. The Morgan fingerprint density at radius 3 is 2.38 bits per heavy atom. The Morgan fingerprint density at radius 2 is 1.75 bits per heavy atom. The van der Waals surface area contributed by atoms with E-state index in [0.717, 1.165) is 16.3 Å². The molecule has 0 aliphatic heterocycles. The summed E-state index contributed by atoms with van der Waals surface area (Å²) in [5.74, 6) is 0. The molecular formula is C13H14ClNO. The molecule has 2 rings (SSSR count). The lowest BCUT2D eigenvalue weighted by molar-refractivity contribution is 0.155. The molecule has 2 aromatic rings. The van der Waals surface area contributed by atoms with E-state index in [2.05, 4.69) is 0 Å². The van der Waals surface area contributed by atoms with Crippen LogP contribution in [0.3, 0.4) is 0 Å². The minimum Gasteiger partial charge on any atom is -0.387 e. The third-order valence-corrected chi connectivity index (χ3v) is 3.05. The fraction of sp³-hybridized carbons (Fsp3) is 0.231. The Balaban J connectivity index is 2.67. The molecule has 0 fully saturated rings. The highest BCUT2D eigenvalue weighted by Gasteiger charge is 2.15. The molecule has 0 heterocycles. The van der Waals surface area contributed by atoms with Crippen LogP contribution in [-0.2, 0) is 0 Å². The molecule has 3 N–H and O–H groups in total. The van der Waals surface area contributed by atoms with Crippen LogP contribution in [0.5, 0.6) is 0 Å². The van der Waals surface area contributed by atoms with Crippen molar-refractivity contribution in [3.05, 3.63) is 47.0 Å². The summed E-state index contributed by atoms with van der Waals surface area (Å²) in [6.07, 6.45) is -0.665. The van der Waals surface area contributed by atoms with Crippen molar-refractivity contribution >= 4 is 22.4 Å². The molecule has 16 heavy (non-hydrogen) atoms. The molecule has 0 spiro atoms. The van der Waals surface area contributed by atoms with E-state index in [9.17, 15) is 5.11 Å². The number of aliphatic hydroxyl groups excluding tert-OH is 1. The van der Waals surface area contributed by atoms with Crippen molar-refractivity contribution in [2.75, 3.05) is 0 Å². The molecule has 0 aromatic heterocycles. The lowest BCUT2D eigenvalue weighted by Gasteiger charge is -2.17. The Bertz CT molecular complexity index is 510. The van der Waals surface area contributed by atoms with Gasteiger partial charge in [-0.05, 0) is 23.9 Å². The Hall–Kier alpha value is -1.09. The zero-order valence-electron chi connectivity index (χ0n) is 9.02. The molecule has 0 unspecified atom stereocenters. The van der Waals surface area contributed by atoms with Crippen LogP contribution in [0, 0.1) is 0 Å². The van der Waals surface area contributed by atoms with Crippen molar-refractivity contribution in [2.24, 2.45) is 5.73 Å². The Labute approximate surface area is 99.6 Å². The van der Waals surface area contributed by atoms with Crippen molar-refractivity contribution in [3.63, 3.8) is 0 Å². The third-order valence-electron chi connectivity index (χ3n) is 2.72. The first-order valence-electron chi connectivity index (χ1n) is 5.22. The van der Waals surface area contributed by atoms with Crippen LogP contribution in [0.25, 0.3) is 10.8 Å². The maximum absolute atomic E-state index is 10.0. The van der Waals surface area contributed by atoms with E-state index >= 15 is 0 Å². The molecular weight excluding hydrogens is 222 g/mol. The smallest absolute Gasteiger partial charge is 0.0944 e. The number of hydrogen-bond acceptors (Lipinski definition) is 2. The van der Waals surface area contributed by atoms with Crippen molar-refractivity contribution < 1.29 is 5.11 Å². The van der Waals surface area contributed by atoms with Gasteiger partial charge in [-0.3, -0.25) is 0 Å². The quantitative estimate of drug-likeness (QED) is 0.841. The van der Waals surface area contributed by atoms with E-state index in [1.54, 1.807) is 13.0 Å². The second kappa shape index (κ2) is 4.42. The van der Waals surface area contributed by atoms with Crippen LogP contribution in [0.4, 0.5) is 0 Å². The molecule has 0 saturated heterocycles. The summed E-state index contributed by atoms with van der Waals surface area (Å²) >= 11 is 6.10. The molecule has 2 aromatic carbocycles. The molecule has 0 aliphatic rings. The van der Waals surface area contributed by atoms with E-state index < -0.39 is 6.10 Å². The zero-order chi connectivity index (χ0) is 11.7. The topological polar surface area (TPSA) is 46.2 Å². The summed E-state index contributed by atoms with van der Waals surface area (Å²) in [6, 6.07) is 11.1. The van der Waals surface area contributed by atoms with Gasteiger partial charge in [-0.15, -0.1) is 0 Å². The van der Waals surface area contributed by atoms with Crippen molar-refractivity contribution in [3.8, 4) is 0 Å². The number of benzene rings is 2. The average molecular weight is 236 g/mol. The number of nitrogens with two attached hydrogens (primary N) is 1. The Kier molecular flexibility index (Phi) is 3.15. The fourth-order valence-corrected chi connectivity index (χ4v) is 2.05. The Morgan fingerprint density at radius 1 is 1.12 bits per heavy atom. The van der Waals surface area contributed by atoms with Crippen molar-refractivity contribution in [1.82, 2.24) is 0 Å². The second-order valence-electron chi connectivity index (χ2n) is 3.99. The summed E-state index contributed by atoms with van der Waals surface area (Å²) in [7, 11) is 0. The van der Waals surface area contributed by atoms with Gasteiger partial charge < -0.3 is 10.8 Å². The van der Waals surface area contributed by atoms with Gasteiger partial charge in [0.2, 0.25) is 0 Å². The lowest BCUT2D eigenvalue weighted by atomic mass is 9.97. The van der Waals surface area contributed by atoms with Crippen LogP contribution in [0.15, 0.2) is 36.4 Å². The van der Waals surface area contributed by atoms with Crippen LogP contribution in [0.2, 0.25) is 5.02 Å². The normalized spacial score (nSPS) is 15.0. The molecule has 0 radical (unpaired) electrons. The first-order chi connectivity index (χ1) is 7.61. The summed E-state index contributed by atoms with van der Waals surface area (Å²) in [6.45, 7) is 1.79. The van der Waals surface area contributed by atoms with E-state index in [1.807, 2.05) is 30.3 Å². The van der Waals surface area contributed by atoms with E-state index in [1.165, 1.54) is 0 Å². The molecule has 0 aliphatic carbocycles. The van der Waals surface area contributed by atoms with Crippen molar-refractivity contribution in [2.45, 2.75) is 19.1 Å². The summed E-state index contributed by atoms with van der Waals surface area (Å²) < 4.78 is 0. The number of fused-ring (bicyclic) bond motifs is 1. The van der Waals surface area contributed by atoms with Gasteiger partial charge in [0.1, 0.15) is 0 Å². The first kappa shape index (κ1) is 11.4. The minimum atomic E-state index is -0.665. The van der Waals surface area contributed by atoms with Gasteiger partial charge in [-0.25, -0.2) is 0 Å². The summed E-state index contributed by atoms with van der Waals surface area (Å²) in [5, 5.41) is 12.6. The van der Waals surface area contributed by atoms with Gasteiger partial charge in [-0.1, -0.05) is 41.9 Å². The highest BCUT2D eigenvalue weighted by molar-refractivity contribution is 6.35. The number of aliphatic hydroxyl groups is 1. The maximum Gasteiger partial charge on any atom is 0.0944 e.